The quantitative estimate of drug-likeness (QED) is 0.460. The molecule has 0 saturated heterocycles. The van der Waals surface area contributed by atoms with Crippen LogP contribution in [0, 0.1) is 0 Å². The molecule has 0 radical (unpaired) electrons. The molecule has 0 aliphatic rings. The van der Waals surface area contributed by atoms with Gasteiger partial charge >= 0.3 is 0 Å². The van der Waals surface area contributed by atoms with Gasteiger partial charge in [0.1, 0.15) is 24.0 Å². The van der Waals surface area contributed by atoms with Gasteiger partial charge in [-0.2, -0.15) is 5.10 Å². The van der Waals surface area contributed by atoms with Crippen LogP contribution in [0.2, 0.25) is 0 Å². The zero-order valence-corrected chi connectivity index (χ0v) is 17.9. The highest BCUT2D eigenvalue weighted by atomic mass is 16.5. The number of aryl methyl sites for hydroxylation is 1. The third kappa shape index (κ3) is 4.01. The number of hydrogen-bond donors (Lipinski definition) is 0. The van der Waals surface area contributed by atoms with Crippen LogP contribution in [0.4, 0.5) is 0 Å². The lowest BCUT2D eigenvalue weighted by Gasteiger charge is -2.21. The smallest absolute Gasteiger partial charge is 0.264 e. The summed E-state index contributed by atoms with van der Waals surface area (Å²) in [6.45, 7) is 2.94. The Balaban J connectivity index is 1.60. The summed E-state index contributed by atoms with van der Waals surface area (Å²) >= 11 is 0. The zero-order valence-electron chi connectivity index (χ0n) is 17.9. The minimum absolute atomic E-state index is 0.0942. The molecule has 0 fully saturated rings. The van der Waals surface area contributed by atoms with Crippen LogP contribution in [-0.4, -0.2) is 43.8 Å². The van der Waals surface area contributed by atoms with E-state index >= 15 is 0 Å². The molecule has 0 atom stereocenters. The maximum absolute atomic E-state index is 12.9. The monoisotopic (exact) mass is 419 g/mol. The number of rotatable bonds is 7. The van der Waals surface area contributed by atoms with Crippen molar-refractivity contribution in [1.29, 1.82) is 0 Å². The molecule has 0 bridgehead atoms. The molecule has 0 aliphatic heterocycles. The van der Waals surface area contributed by atoms with Crippen molar-refractivity contribution in [3.8, 4) is 5.75 Å². The largest absolute Gasteiger partial charge is 0.493 e. The number of carbonyl (C=O) groups is 1. The number of amides is 1. The van der Waals surface area contributed by atoms with Crippen molar-refractivity contribution >= 4 is 27.7 Å². The first-order valence-corrected chi connectivity index (χ1v) is 10.2. The third-order valence-electron chi connectivity index (χ3n) is 5.30. The molecule has 0 unspecified atom stereocenters. The normalized spacial score (nSPS) is 11.2. The van der Waals surface area contributed by atoms with Gasteiger partial charge in [0.05, 0.1) is 12.8 Å². The molecule has 8 nitrogen and oxygen atoms in total. The number of likely N-dealkylation sites (N-methyl/N-ethyl adjacent to an activating group) is 1. The van der Waals surface area contributed by atoms with Crippen molar-refractivity contribution in [2.75, 3.05) is 13.7 Å². The molecule has 8 heteroatoms. The number of ether oxygens (including phenoxy) is 1. The van der Waals surface area contributed by atoms with E-state index in [-0.39, 0.29) is 18.0 Å². The zero-order chi connectivity index (χ0) is 22.0. The summed E-state index contributed by atoms with van der Waals surface area (Å²) in [5, 5.41) is 6.59. The summed E-state index contributed by atoms with van der Waals surface area (Å²) in [4.78, 5) is 31.5. The lowest BCUT2D eigenvalue weighted by molar-refractivity contribution is -0.131. The van der Waals surface area contributed by atoms with Gasteiger partial charge in [0, 0.05) is 26.2 Å². The second-order valence-electron chi connectivity index (χ2n) is 7.54. The summed E-state index contributed by atoms with van der Waals surface area (Å²) in [5.41, 5.74) is 1.17. The fraction of sp³-hybridized carbons (Fsp3) is 0.304. The standard InChI is InChI=1S/C23H25N5O3/c1-4-11-31-20-10-9-16-7-5-6-8-17(16)19(20)13-26(2)21(29)14-28-15-24-22-18(23(28)30)12-25-27(22)3/h5-10,12,15H,4,11,13-14H2,1-3H3. The van der Waals surface area contributed by atoms with Crippen molar-refractivity contribution in [2.24, 2.45) is 7.05 Å². The highest BCUT2D eigenvalue weighted by Gasteiger charge is 2.17. The van der Waals surface area contributed by atoms with Crippen LogP contribution in [0.15, 0.2) is 53.7 Å². The Hall–Kier alpha value is -3.68. The summed E-state index contributed by atoms with van der Waals surface area (Å²) < 4.78 is 8.81. The van der Waals surface area contributed by atoms with Crippen LogP contribution < -0.4 is 10.3 Å². The number of benzene rings is 2. The molecule has 4 rings (SSSR count). The fourth-order valence-corrected chi connectivity index (χ4v) is 3.60. The van der Waals surface area contributed by atoms with Crippen LogP contribution in [0.25, 0.3) is 21.8 Å². The van der Waals surface area contributed by atoms with Gasteiger partial charge in [0.2, 0.25) is 5.91 Å². The van der Waals surface area contributed by atoms with E-state index in [1.54, 1.807) is 19.0 Å². The number of fused-ring (bicyclic) bond motifs is 2. The van der Waals surface area contributed by atoms with Gasteiger partial charge in [-0.3, -0.25) is 18.8 Å². The maximum atomic E-state index is 12.9. The predicted octanol–water partition coefficient (Wildman–Crippen LogP) is 2.73. The second-order valence-corrected chi connectivity index (χ2v) is 7.54. The minimum atomic E-state index is -0.281. The first-order valence-electron chi connectivity index (χ1n) is 10.2. The van der Waals surface area contributed by atoms with Gasteiger partial charge in [-0.05, 0) is 23.3 Å². The average Bonchev–Trinajstić information content (AvgIpc) is 3.16. The van der Waals surface area contributed by atoms with Crippen LogP contribution in [0.5, 0.6) is 5.75 Å². The Morgan fingerprint density at radius 2 is 1.97 bits per heavy atom. The molecule has 1 amide bonds. The molecule has 0 saturated carbocycles. The molecular formula is C23H25N5O3. The van der Waals surface area contributed by atoms with E-state index in [1.165, 1.54) is 21.8 Å². The van der Waals surface area contributed by atoms with E-state index in [9.17, 15) is 9.59 Å². The number of nitrogens with zero attached hydrogens (tertiary/aromatic N) is 5. The Kier molecular flexibility index (Phi) is 5.70. The molecule has 31 heavy (non-hydrogen) atoms. The Morgan fingerprint density at radius 3 is 2.77 bits per heavy atom. The molecular weight excluding hydrogens is 394 g/mol. The molecule has 2 aromatic heterocycles. The minimum Gasteiger partial charge on any atom is -0.493 e. The molecule has 0 aliphatic carbocycles. The van der Waals surface area contributed by atoms with Gasteiger partial charge in [0.15, 0.2) is 5.65 Å². The average molecular weight is 419 g/mol. The highest BCUT2D eigenvalue weighted by molar-refractivity contribution is 5.88. The van der Waals surface area contributed by atoms with Crippen molar-refractivity contribution < 1.29 is 9.53 Å². The lowest BCUT2D eigenvalue weighted by atomic mass is 10.0. The van der Waals surface area contributed by atoms with Crippen molar-refractivity contribution in [1.82, 2.24) is 24.2 Å². The van der Waals surface area contributed by atoms with E-state index in [1.807, 2.05) is 36.4 Å². The lowest BCUT2D eigenvalue weighted by Crippen LogP contribution is -2.33. The van der Waals surface area contributed by atoms with Gasteiger partial charge in [-0.25, -0.2) is 4.98 Å². The van der Waals surface area contributed by atoms with Gasteiger partial charge < -0.3 is 9.64 Å². The topological polar surface area (TPSA) is 82.2 Å². The Labute approximate surface area is 179 Å². The summed E-state index contributed by atoms with van der Waals surface area (Å²) in [6, 6.07) is 12.0. The van der Waals surface area contributed by atoms with E-state index < -0.39 is 0 Å². The van der Waals surface area contributed by atoms with E-state index in [0.29, 0.717) is 24.2 Å². The first kappa shape index (κ1) is 20.6. The summed E-state index contributed by atoms with van der Waals surface area (Å²) in [5.74, 6) is 0.581. The number of hydrogen-bond acceptors (Lipinski definition) is 5. The molecule has 2 aromatic carbocycles. The van der Waals surface area contributed by atoms with Crippen LogP contribution in [0.3, 0.4) is 0 Å². The summed E-state index contributed by atoms with van der Waals surface area (Å²) in [6.07, 6.45) is 3.77. The van der Waals surface area contributed by atoms with Crippen LogP contribution >= 0.6 is 0 Å². The first-order chi connectivity index (χ1) is 15.0. The van der Waals surface area contributed by atoms with E-state index in [2.05, 4.69) is 17.0 Å². The van der Waals surface area contributed by atoms with Gasteiger partial charge in [0.25, 0.3) is 5.56 Å². The SMILES string of the molecule is CCCOc1ccc2ccccc2c1CN(C)C(=O)Cn1cnc2c(cnn2C)c1=O. The number of aromatic nitrogens is 4. The third-order valence-corrected chi connectivity index (χ3v) is 5.30. The summed E-state index contributed by atoms with van der Waals surface area (Å²) in [7, 11) is 3.45. The molecule has 160 valence electrons. The van der Waals surface area contributed by atoms with E-state index in [4.69, 9.17) is 4.74 Å². The van der Waals surface area contributed by atoms with Crippen molar-refractivity contribution in [2.45, 2.75) is 26.4 Å². The fourth-order valence-electron chi connectivity index (χ4n) is 3.60. The van der Waals surface area contributed by atoms with Gasteiger partial charge in [-0.15, -0.1) is 0 Å². The Morgan fingerprint density at radius 1 is 1.16 bits per heavy atom. The van der Waals surface area contributed by atoms with Crippen molar-refractivity contribution in [3.05, 3.63) is 64.8 Å². The van der Waals surface area contributed by atoms with Crippen LogP contribution in [0.1, 0.15) is 18.9 Å². The Bertz CT molecular complexity index is 1310. The second kappa shape index (κ2) is 8.59. The molecule has 4 aromatic rings. The van der Waals surface area contributed by atoms with Crippen molar-refractivity contribution in [3.63, 3.8) is 0 Å². The number of carbonyl (C=O) groups excluding carboxylic acids is 1. The van der Waals surface area contributed by atoms with Crippen LogP contribution in [-0.2, 0) is 24.9 Å². The van der Waals surface area contributed by atoms with E-state index in [0.717, 1.165) is 28.5 Å². The molecule has 0 N–H and O–H groups in total. The molecule has 2 heterocycles. The van der Waals surface area contributed by atoms with Gasteiger partial charge in [-0.1, -0.05) is 37.3 Å². The molecule has 0 spiro atoms. The maximum Gasteiger partial charge on any atom is 0.264 e. The predicted molar refractivity (Wildman–Crippen MR) is 119 cm³/mol. The highest BCUT2D eigenvalue weighted by Crippen LogP contribution is 2.29.